The van der Waals surface area contributed by atoms with Crippen LogP contribution in [0.1, 0.15) is 41.8 Å². The van der Waals surface area contributed by atoms with E-state index in [1.807, 2.05) is 0 Å². The average Bonchev–Trinajstić information content (AvgIpc) is 3.86. The van der Waals surface area contributed by atoms with Crippen LogP contribution in [-0.4, -0.2) is 0 Å². The first-order valence-corrected chi connectivity index (χ1v) is 18.5. The van der Waals surface area contributed by atoms with E-state index >= 15 is 0 Å². The predicted molar refractivity (Wildman–Crippen MR) is 191 cm³/mol. The van der Waals surface area contributed by atoms with E-state index in [1.54, 1.807) is 45.3 Å². The molecule has 0 amide bonds. The Labute approximate surface area is 276 Å². The summed E-state index contributed by atoms with van der Waals surface area (Å²) in [6.45, 7) is 6.89. The summed E-state index contributed by atoms with van der Waals surface area (Å²) in [7, 11) is 0. The van der Waals surface area contributed by atoms with Crippen molar-refractivity contribution in [2.45, 2.75) is 52.4 Å². The zero-order valence-electron chi connectivity index (χ0n) is 24.7. The molecule has 0 aliphatic rings. The third kappa shape index (κ3) is 9.54. The van der Waals surface area contributed by atoms with Crippen LogP contribution in [0.5, 0.6) is 0 Å². The molecule has 2 aromatic carbocycles. The standard InChI is InChI=1S/C36H38N4S4/c1-5-33(41-9-1)23-37-19-27-13-28(20-38-24-34-6-2-10-42-34)16-31(15-27)32-17-29(21-39-25-35-7-3-11-43-35)14-30(18-32)22-40-26-36-8-4-12-44-36/h1-18,37-40H,19-26H2. The fourth-order valence-corrected chi connectivity index (χ4v) is 7.94. The number of benzene rings is 2. The summed E-state index contributed by atoms with van der Waals surface area (Å²) >= 11 is 7.21. The molecule has 4 nitrogen and oxygen atoms in total. The van der Waals surface area contributed by atoms with E-state index < -0.39 is 0 Å². The number of thiophene rings is 4. The van der Waals surface area contributed by atoms with Crippen LogP contribution >= 0.6 is 45.3 Å². The van der Waals surface area contributed by atoms with Crippen molar-refractivity contribution in [3.63, 3.8) is 0 Å². The molecule has 0 saturated heterocycles. The van der Waals surface area contributed by atoms with Crippen LogP contribution in [0.25, 0.3) is 11.1 Å². The maximum atomic E-state index is 3.67. The molecule has 0 saturated carbocycles. The minimum Gasteiger partial charge on any atom is -0.308 e. The summed E-state index contributed by atoms with van der Waals surface area (Å²) in [6.07, 6.45) is 0. The Hall–Kier alpha value is -2.92. The zero-order chi connectivity index (χ0) is 29.8. The number of hydrogen-bond donors (Lipinski definition) is 4. The molecule has 4 N–H and O–H groups in total. The molecular weight excluding hydrogens is 617 g/mol. The molecule has 0 aliphatic heterocycles. The first-order valence-electron chi connectivity index (χ1n) is 15.0. The van der Waals surface area contributed by atoms with Gasteiger partial charge in [0.1, 0.15) is 0 Å². The zero-order valence-corrected chi connectivity index (χ0v) is 27.9. The van der Waals surface area contributed by atoms with Gasteiger partial charge in [-0.2, -0.15) is 0 Å². The first-order chi connectivity index (χ1) is 21.8. The van der Waals surface area contributed by atoms with E-state index in [9.17, 15) is 0 Å². The number of rotatable bonds is 17. The van der Waals surface area contributed by atoms with Crippen molar-refractivity contribution in [1.29, 1.82) is 0 Å². The maximum absolute atomic E-state index is 3.67. The van der Waals surface area contributed by atoms with Gasteiger partial charge in [-0.25, -0.2) is 0 Å². The van der Waals surface area contributed by atoms with Gasteiger partial charge in [-0.05, 0) is 103 Å². The molecule has 226 valence electrons. The maximum Gasteiger partial charge on any atom is 0.0302 e. The highest BCUT2D eigenvalue weighted by molar-refractivity contribution is 7.10. The lowest BCUT2D eigenvalue weighted by Crippen LogP contribution is -2.15. The van der Waals surface area contributed by atoms with E-state index in [0.717, 1.165) is 52.4 Å². The fraction of sp³-hybridized carbons (Fsp3) is 0.222. The van der Waals surface area contributed by atoms with Crippen LogP contribution in [0, 0.1) is 0 Å². The quantitative estimate of drug-likeness (QED) is 0.0795. The van der Waals surface area contributed by atoms with Crippen LogP contribution in [0.2, 0.25) is 0 Å². The highest BCUT2D eigenvalue weighted by Crippen LogP contribution is 2.26. The molecule has 0 radical (unpaired) electrons. The third-order valence-electron chi connectivity index (χ3n) is 7.27. The Balaban J connectivity index is 1.22. The van der Waals surface area contributed by atoms with Crippen LogP contribution < -0.4 is 21.3 Å². The van der Waals surface area contributed by atoms with Crippen LogP contribution in [-0.2, 0) is 52.4 Å². The van der Waals surface area contributed by atoms with Crippen molar-refractivity contribution in [2.75, 3.05) is 0 Å². The van der Waals surface area contributed by atoms with Crippen molar-refractivity contribution in [2.24, 2.45) is 0 Å². The molecule has 0 spiro atoms. The molecule has 6 aromatic rings. The van der Waals surface area contributed by atoms with Gasteiger partial charge in [0.15, 0.2) is 0 Å². The van der Waals surface area contributed by atoms with Gasteiger partial charge in [-0.3, -0.25) is 0 Å². The van der Waals surface area contributed by atoms with Gasteiger partial charge in [0, 0.05) is 71.9 Å². The molecule has 0 aliphatic carbocycles. The van der Waals surface area contributed by atoms with Crippen molar-refractivity contribution < 1.29 is 0 Å². The van der Waals surface area contributed by atoms with E-state index in [0.29, 0.717) is 0 Å². The number of hydrogen-bond acceptors (Lipinski definition) is 8. The summed E-state index contributed by atoms with van der Waals surface area (Å²) in [5, 5.41) is 23.2. The Morgan fingerprint density at radius 1 is 0.341 bits per heavy atom. The van der Waals surface area contributed by atoms with Gasteiger partial charge < -0.3 is 21.3 Å². The molecule has 0 unspecified atom stereocenters. The normalized spacial score (nSPS) is 11.4. The predicted octanol–water partition coefficient (Wildman–Crippen LogP) is 8.76. The molecule has 6 rings (SSSR count). The smallest absolute Gasteiger partial charge is 0.0302 e. The molecular formula is C36H38N4S4. The van der Waals surface area contributed by atoms with Gasteiger partial charge in [0.05, 0.1) is 0 Å². The summed E-state index contributed by atoms with van der Waals surface area (Å²) in [5.74, 6) is 0. The van der Waals surface area contributed by atoms with Crippen molar-refractivity contribution >= 4 is 45.3 Å². The van der Waals surface area contributed by atoms with Crippen molar-refractivity contribution in [3.8, 4) is 11.1 Å². The van der Waals surface area contributed by atoms with Crippen LogP contribution in [0.4, 0.5) is 0 Å². The topological polar surface area (TPSA) is 48.1 Å². The fourth-order valence-electron chi connectivity index (χ4n) is 5.24. The second-order valence-corrected chi connectivity index (χ2v) is 14.9. The monoisotopic (exact) mass is 654 g/mol. The van der Waals surface area contributed by atoms with E-state index in [-0.39, 0.29) is 0 Å². The first kappa shape index (κ1) is 31.1. The summed E-state index contributed by atoms with van der Waals surface area (Å²) in [4.78, 5) is 5.45. The van der Waals surface area contributed by atoms with Gasteiger partial charge in [0.2, 0.25) is 0 Å². The lowest BCUT2D eigenvalue weighted by molar-refractivity contribution is 0.687. The highest BCUT2D eigenvalue weighted by Gasteiger charge is 2.09. The second-order valence-electron chi connectivity index (χ2n) is 10.8. The van der Waals surface area contributed by atoms with E-state index in [1.165, 1.54) is 52.9 Å². The SMILES string of the molecule is c1csc(CNCc2cc(CNCc3cccs3)cc(-c3cc(CNCc4cccs4)cc(CNCc4cccs4)c3)c2)c1. The molecule has 0 bridgehead atoms. The van der Waals surface area contributed by atoms with Gasteiger partial charge in [-0.15, -0.1) is 45.3 Å². The average molecular weight is 655 g/mol. The van der Waals surface area contributed by atoms with Crippen molar-refractivity contribution in [1.82, 2.24) is 21.3 Å². The lowest BCUT2D eigenvalue weighted by Gasteiger charge is -2.15. The van der Waals surface area contributed by atoms with Gasteiger partial charge in [0.25, 0.3) is 0 Å². The van der Waals surface area contributed by atoms with E-state index in [4.69, 9.17) is 0 Å². The van der Waals surface area contributed by atoms with Gasteiger partial charge in [-0.1, -0.05) is 36.4 Å². The van der Waals surface area contributed by atoms with Crippen LogP contribution in [0.15, 0.2) is 106 Å². The Kier molecular flexibility index (Phi) is 11.6. The molecule has 0 atom stereocenters. The lowest BCUT2D eigenvalue weighted by atomic mass is 9.96. The van der Waals surface area contributed by atoms with Crippen molar-refractivity contribution in [3.05, 3.63) is 148 Å². The van der Waals surface area contributed by atoms with Crippen LogP contribution in [0.3, 0.4) is 0 Å². The molecule has 4 aromatic heterocycles. The minimum absolute atomic E-state index is 0.834. The second kappa shape index (κ2) is 16.4. The third-order valence-corrected chi connectivity index (χ3v) is 10.8. The molecule has 0 fully saturated rings. The minimum atomic E-state index is 0.834. The highest BCUT2D eigenvalue weighted by atomic mass is 32.1. The molecule has 8 heteroatoms. The summed E-state index contributed by atoms with van der Waals surface area (Å²) in [6, 6.07) is 31.4. The Morgan fingerprint density at radius 2 is 0.614 bits per heavy atom. The largest absolute Gasteiger partial charge is 0.308 e. The molecule has 4 heterocycles. The molecule has 44 heavy (non-hydrogen) atoms. The summed E-state index contributed by atoms with van der Waals surface area (Å²) in [5.41, 5.74) is 7.79. The van der Waals surface area contributed by atoms with E-state index in [2.05, 4.69) is 128 Å². The Bertz CT molecular complexity index is 1410. The number of nitrogens with one attached hydrogen (secondary N) is 4. The Morgan fingerprint density at radius 3 is 0.841 bits per heavy atom. The summed E-state index contributed by atoms with van der Waals surface area (Å²) < 4.78 is 0. The van der Waals surface area contributed by atoms with Gasteiger partial charge >= 0.3 is 0 Å².